The zero-order chi connectivity index (χ0) is 20.4. The zero-order valence-electron chi connectivity index (χ0n) is 15.8. The number of methoxy groups -OCH3 is 1. The van der Waals surface area contributed by atoms with Crippen molar-refractivity contribution in [1.82, 2.24) is 4.98 Å². The van der Waals surface area contributed by atoms with Crippen LogP contribution in [0.15, 0.2) is 72.8 Å². The number of hydrogen-bond donors (Lipinski definition) is 1. The lowest BCUT2D eigenvalue weighted by atomic mass is 9.87. The summed E-state index contributed by atoms with van der Waals surface area (Å²) in [6, 6.07) is 21.2. The third kappa shape index (κ3) is 3.69. The van der Waals surface area contributed by atoms with Crippen LogP contribution in [0.2, 0.25) is 0 Å². The lowest BCUT2D eigenvalue weighted by Crippen LogP contribution is -2.14. The van der Waals surface area contributed by atoms with E-state index in [0.717, 1.165) is 33.5 Å². The van der Waals surface area contributed by atoms with Gasteiger partial charge < -0.3 is 9.72 Å². The van der Waals surface area contributed by atoms with E-state index in [1.54, 1.807) is 19.2 Å². The van der Waals surface area contributed by atoms with Gasteiger partial charge in [0.05, 0.1) is 18.7 Å². The summed E-state index contributed by atoms with van der Waals surface area (Å²) in [5.74, 6) is -0.173. The molecule has 0 amide bonds. The van der Waals surface area contributed by atoms with E-state index in [2.05, 4.69) is 4.98 Å². The maximum atomic E-state index is 13.5. The molecule has 0 saturated carbocycles. The van der Waals surface area contributed by atoms with Gasteiger partial charge in [-0.15, -0.1) is 0 Å². The number of hydrogen-bond acceptors (Lipinski definition) is 3. The predicted molar refractivity (Wildman–Crippen MR) is 110 cm³/mol. The summed E-state index contributed by atoms with van der Waals surface area (Å²) in [6.07, 6.45) is 0. The van der Waals surface area contributed by atoms with Gasteiger partial charge in [0.15, 0.2) is 0 Å². The highest BCUT2D eigenvalue weighted by molar-refractivity contribution is 5.92. The Balaban J connectivity index is 1.95. The Morgan fingerprint density at radius 3 is 2.38 bits per heavy atom. The molecule has 0 aliphatic heterocycles. The molecule has 1 atom stereocenters. The van der Waals surface area contributed by atoms with Crippen molar-refractivity contribution in [3.05, 3.63) is 99.9 Å². The molecule has 29 heavy (non-hydrogen) atoms. The van der Waals surface area contributed by atoms with Crippen molar-refractivity contribution in [1.29, 1.82) is 0 Å². The summed E-state index contributed by atoms with van der Waals surface area (Å²) < 4.78 is 18.7. The van der Waals surface area contributed by atoms with Crippen LogP contribution < -0.4 is 4.74 Å². The highest BCUT2D eigenvalue weighted by Gasteiger charge is 2.27. The van der Waals surface area contributed by atoms with E-state index in [4.69, 9.17) is 4.74 Å². The second kappa shape index (κ2) is 7.75. The fraction of sp³-hybridized carbons (Fsp3) is 0.130. The van der Waals surface area contributed by atoms with E-state index in [-0.39, 0.29) is 17.3 Å². The molecule has 6 heteroatoms. The summed E-state index contributed by atoms with van der Waals surface area (Å²) in [6.45, 7) is -0.295. The molecule has 0 fully saturated rings. The summed E-state index contributed by atoms with van der Waals surface area (Å²) in [5, 5.41) is 12.4. The van der Waals surface area contributed by atoms with Gasteiger partial charge >= 0.3 is 0 Å². The number of rotatable bonds is 6. The minimum absolute atomic E-state index is 0.295. The van der Waals surface area contributed by atoms with Crippen molar-refractivity contribution in [3.63, 3.8) is 0 Å². The Morgan fingerprint density at radius 2 is 1.72 bits per heavy atom. The topological polar surface area (TPSA) is 68.2 Å². The number of benzene rings is 3. The zero-order valence-corrected chi connectivity index (χ0v) is 15.8. The van der Waals surface area contributed by atoms with Gasteiger partial charge in [-0.3, -0.25) is 10.1 Å². The summed E-state index contributed by atoms with van der Waals surface area (Å²) in [5.41, 5.74) is 4.12. The van der Waals surface area contributed by atoms with Gasteiger partial charge in [0.2, 0.25) is 6.54 Å². The second-order valence-electron chi connectivity index (χ2n) is 6.81. The molecule has 0 unspecified atom stereocenters. The number of nitro groups is 1. The Kier molecular flexibility index (Phi) is 4.99. The van der Waals surface area contributed by atoms with E-state index < -0.39 is 5.92 Å². The minimum Gasteiger partial charge on any atom is -0.497 e. The van der Waals surface area contributed by atoms with Crippen molar-refractivity contribution in [2.24, 2.45) is 0 Å². The van der Waals surface area contributed by atoms with Crippen LogP contribution in [-0.2, 0) is 0 Å². The van der Waals surface area contributed by atoms with Crippen molar-refractivity contribution in [3.8, 4) is 17.0 Å². The molecule has 0 spiro atoms. The predicted octanol–water partition coefficient (Wildman–Crippen LogP) is 5.39. The van der Waals surface area contributed by atoms with Crippen LogP contribution in [0, 0.1) is 15.9 Å². The number of H-pyrrole nitrogens is 1. The third-order valence-corrected chi connectivity index (χ3v) is 5.08. The van der Waals surface area contributed by atoms with Gasteiger partial charge in [-0.05, 0) is 59.2 Å². The first-order valence-electron chi connectivity index (χ1n) is 9.19. The fourth-order valence-electron chi connectivity index (χ4n) is 3.72. The maximum absolute atomic E-state index is 13.5. The summed E-state index contributed by atoms with van der Waals surface area (Å²) in [4.78, 5) is 14.6. The Bertz CT molecular complexity index is 1150. The minimum atomic E-state index is -0.529. The summed E-state index contributed by atoms with van der Waals surface area (Å²) >= 11 is 0. The number of nitrogens with one attached hydrogen (secondary N) is 1. The van der Waals surface area contributed by atoms with Crippen LogP contribution in [-0.4, -0.2) is 23.6 Å². The maximum Gasteiger partial charge on any atom is 0.214 e. The molecule has 0 aliphatic carbocycles. The summed E-state index contributed by atoms with van der Waals surface area (Å²) in [7, 11) is 1.60. The number of aromatic amines is 1. The molecule has 5 nitrogen and oxygen atoms in total. The highest BCUT2D eigenvalue weighted by Crippen LogP contribution is 2.39. The number of aromatic nitrogens is 1. The van der Waals surface area contributed by atoms with Crippen LogP contribution in [0.25, 0.3) is 22.2 Å². The average molecular weight is 390 g/mol. The van der Waals surface area contributed by atoms with Gasteiger partial charge in [0.1, 0.15) is 11.6 Å². The standard InChI is InChI=1S/C23H19FN2O3/c1-29-18-12-8-16(9-13-18)23-22(19-4-2-3-5-21(19)25-23)20(14-26(27)28)15-6-10-17(24)11-7-15/h2-13,20,25H,14H2,1H3/t20-/m0/s1. The molecule has 0 aliphatic rings. The SMILES string of the molecule is COc1ccc(-c2[nH]c3ccccc3c2[C@@H](C[N+](=O)[O-])c2ccc(F)cc2)cc1. The van der Waals surface area contributed by atoms with Crippen LogP contribution >= 0.6 is 0 Å². The Hall–Kier alpha value is -3.67. The second-order valence-corrected chi connectivity index (χ2v) is 6.81. The molecule has 3 aromatic carbocycles. The van der Waals surface area contributed by atoms with Crippen molar-refractivity contribution in [2.75, 3.05) is 13.7 Å². The molecule has 0 bridgehead atoms. The van der Waals surface area contributed by atoms with Gasteiger partial charge in [-0.2, -0.15) is 0 Å². The number of fused-ring (bicyclic) bond motifs is 1. The normalized spacial score (nSPS) is 12.1. The Labute approximate surface area is 166 Å². The van der Waals surface area contributed by atoms with Gasteiger partial charge in [-0.1, -0.05) is 30.3 Å². The smallest absolute Gasteiger partial charge is 0.214 e. The molecule has 1 heterocycles. The van der Waals surface area contributed by atoms with Crippen molar-refractivity contribution >= 4 is 10.9 Å². The van der Waals surface area contributed by atoms with E-state index in [9.17, 15) is 14.5 Å². The molecule has 4 rings (SSSR count). The monoisotopic (exact) mass is 390 g/mol. The number of ether oxygens (including phenoxy) is 1. The van der Waals surface area contributed by atoms with Crippen molar-refractivity contribution in [2.45, 2.75) is 5.92 Å². The van der Waals surface area contributed by atoms with E-state index >= 15 is 0 Å². The Morgan fingerprint density at radius 1 is 1.03 bits per heavy atom. The first-order chi connectivity index (χ1) is 14.1. The third-order valence-electron chi connectivity index (χ3n) is 5.08. The fourth-order valence-corrected chi connectivity index (χ4v) is 3.72. The van der Waals surface area contributed by atoms with Crippen LogP contribution in [0.5, 0.6) is 5.75 Å². The molecular formula is C23H19FN2O3. The molecule has 0 saturated heterocycles. The largest absolute Gasteiger partial charge is 0.497 e. The average Bonchev–Trinajstić information content (AvgIpc) is 3.12. The van der Waals surface area contributed by atoms with Crippen LogP contribution in [0.3, 0.4) is 0 Å². The molecular weight excluding hydrogens is 371 g/mol. The van der Waals surface area contributed by atoms with E-state index in [1.165, 1.54) is 12.1 Å². The molecule has 0 radical (unpaired) electrons. The number of nitrogens with zero attached hydrogens (tertiary/aromatic N) is 1. The molecule has 146 valence electrons. The first kappa shape index (κ1) is 18.7. The molecule has 1 N–H and O–H groups in total. The van der Waals surface area contributed by atoms with Gasteiger partial charge in [-0.25, -0.2) is 4.39 Å². The lowest BCUT2D eigenvalue weighted by molar-refractivity contribution is -0.481. The number of para-hydroxylation sites is 1. The highest BCUT2D eigenvalue weighted by atomic mass is 19.1. The van der Waals surface area contributed by atoms with Crippen LogP contribution in [0.1, 0.15) is 17.0 Å². The van der Waals surface area contributed by atoms with Crippen LogP contribution in [0.4, 0.5) is 4.39 Å². The quantitative estimate of drug-likeness (QED) is 0.354. The van der Waals surface area contributed by atoms with Gasteiger partial charge in [0.25, 0.3) is 0 Å². The molecule has 1 aromatic heterocycles. The lowest BCUT2D eigenvalue weighted by Gasteiger charge is -2.16. The molecule has 4 aromatic rings. The van der Waals surface area contributed by atoms with Crippen molar-refractivity contribution < 1.29 is 14.1 Å². The van der Waals surface area contributed by atoms with E-state index in [1.807, 2.05) is 48.5 Å². The van der Waals surface area contributed by atoms with E-state index in [0.29, 0.717) is 5.56 Å². The number of halogens is 1. The first-order valence-corrected chi connectivity index (χ1v) is 9.19. The van der Waals surface area contributed by atoms with Gasteiger partial charge in [0, 0.05) is 15.8 Å².